The molecular weight excluding hydrogens is 524 g/mol. The minimum absolute atomic E-state index is 0.0944. The molecule has 1 amide bonds. The van der Waals surface area contributed by atoms with Gasteiger partial charge < -0.3 is 30.9 Å². The number of benzene rings is 1. The average Bonchev–Trinajstić information content (AvgIpc) is 2.99. The van der Waals surface area contributed by atoms with Gasteiger partial charge in [-0.1, -0.05) is 25.5 Å². The summed E-state index contributed by atoms with van der Waals surface area (Å²) in [5.41, 5.74) is 13.5. The van der Waals surface area contributed by atoms with Crippen molar-refractivity contribution in [2.75, 3.05) is 70.2 Å². The molecule has 0 saturated carbocycles. The van der Waals surface area contributed by atoms with Gasteiger partial charge >= 0.3 is 0 Å². The van der Waals surface area contributed by atoms with E-state index in [0.717, 1.165) is 74.8 Å². The normalized spacial score (nSPS) is 26.9. The Balaban J connectivity index is 1.53. The Morgan fingerprint density at radius 3 is 2.40 bits per heavy atom. The third-order valence-corrected chi connectivity index (χ3v) is 9.42. The lowest BCUT2D eigenvalue weighted by atomic mass is 9.89. The summed E-state index contributed by atoms with van der Waals surface area (Å²) in [4.78, 5) is 20.3. The van der Waals surface area contributed by atoms with Crippen LogP contribution in [0.1, 0.15) is 66.2 Å². The smallest absolute Gasteiger partial charge is 0.246 e. The van der Waals surface area contributed by atoms with E-state index in [1.807, 2.05) is 0 Å². The SMILES string of the molecule is CCNC1=C\CC(C)/C(Nc2ccc(N3CCC(N4CCN(C)CC4)CC3)c(OC)c2)=C(/C(N)=O)CC\C(C)=C\1CC. The zero-order valence-electron chi connectivity index (χ0n) is 26.9. The topological polar surface area (TPSA) is 86.1 Å². The van der Waals surface area contributed by atoms with E-state index in [4.69, 9.17) is 10.5 Å². The van der Waals surface area contributed by atoms with Gasteiger partial charge in [-0.3, -0.25) is 9.69 Å². The maximum atomic E-state index is 12.8. The molecule has 0 bridgehead atoms. The molecule has 2 saturated heterocycles. The summed E-state index contributed by atoms with van der Waals surface area (Å²) in [6.45, 7) is 16.3. The fourth-order valence-corrected chi connectivity index (χ4v) is 6.81. The van der Waals surface area contributed by atoms with Crippen LogP contribution in [0.5, 0.6) is 5.75 Å². The molecule has 1 unspecified atom stereocenters. The van der Waals surface area contributed by atoms with Crippen LogP contribution in [0.3, 0.4) is 0 Å². The Hall–Kier alpha value is -2.97. The highest BCUT2D eigenvalue weighted by Crippen LogP contribution is 2.36. The summed E-state index contributed by atoms with van der Waals surface area (Å²) in [5.74, 6) is 0.600. The van der Waals surface area contributed by atoms with Crippen molar-refractivity contribution in [1.82, 2.24) is 15.1 Å². The van der Waals surface area contributed by atoms with E-state index in [1.54, 1.807) is 7.11 Å². The Morgan fingerprint density at radius 1 is 1.07 bits per heavy atom. The van der Waals surface area contributed by atoms with Crippen LogP contribution in [0.15, 0.2) is 52.4 Å². The number of allylic oxidation sites excluding steroid dienone is 4. The number of nitrogens with one attached hydrogen (secondary N) is 2. The molecule has 1 aromatic carbocycles. The number of amides is 1. The highest BCUT2D eigenvalue weighted by molar-refractivity contribution is 5.93. The molecule has 2 aliphatic heterocycles. The summed E-state index contributed by atoms with van der Waals surface area (Å²) in [7, 11) is 3.96. The number of likely N-dealkylation sites (N-methyl/N-ethyl adjacent to an activating group) is 2. The highest BCUT2D eigenvalue weighted by Gasteiger charge is 2.28. The first kappa shape index (κ1) is 32.0. The van der Waals surface area contributed by atoms with Crippen molar-refractivity contribution >= 4 is 17.3 Å². The lowest BCUT2D eigenvalue weighted by Gasteiger charge is -2.42. The average molecular weight is 579 g/mol. The van der Waals surface area contributed by atoms with Crippen LogP contribution >= 0.6 is 0 Å². The van der Waals surface area contributed by atoms with Gasteiger partial charge in [0, 0.05) is 86.5 Å². The molecule has 3 aliphatic rings. The van der Waals surface area contributed by atoms with Gasteiger partial charge in [-0.2, -0.15) is 0 Å². The molecule has 2 fully saturated rings. The maximum absolute atomic E-state index is 12.8. The van der Waals surface area contributed by atoms with Crippen LogP contribution in [-0.2, 0) is 4.79 Å². The number of piperidine rings is 1. The van der Waals surface area contributed by atoms with Gasteiger partial charge in [0.05, 0.1) is 12.8 Å². The molecule has 42 heavy (non-hydrogen) atoms. The van der Waals surface area contributed by atoms with Gasteiger partial charge in [0.1, 0.15) is 5.75 Å². The van der Waals surface area contributed by atoms with Crippen LogP contribution in [0, 0.1) is 5.92 Å². The molecule has 4 rings (SSSR count). The molecule has 2 heterocycles. The first-order chi connectivity index (χ1) is 20.2. The monoisotopic (exact) mass is 578 g/mol. The van der Waals surface area contributed by atoms with Crippen molar-refractivity contribution in [2.45, 2.75) is 72.3 Å². The molecule has 1 atom stereocenters. The second kappa shape index (κ2) is 15.0. The fourth-order valence-electron chi connectivity index (χ4n) is 6.81. The number of hydrogen-bond acceptors (Lipinski definition) is 7. The summed E-state index contributed by atoms with van der Waals surface area (Å²) < 4.78 is 5.92. The van der Waals surface area contributed by atoms with Gasteiger partial charge in [0.2, 0.25) is 5.91 Å². The zero-order valence-corrected chi connectivity index (χ0v) is 26.9. The third kappa shape index (κ3) is 7.70. The van der Waals surface area contributed by atoms with E-state index >= 15 is 0 Å². The van der Waals surface area contributed by atoms with E-state index in [9.17, 15) is 4.79 Å². The Labute approximate surface area is 254 Å². The molecule has 1 aliphatic carbocycles. The Morgan fingerprint density at radius 2 is 1.79 bits per heavy atom. The summed E-state index contributed by atoms with van der Waals surface area (Å²) in [6, 6.07) is 7.02. The number of primary amides is 1. The van der Waals surface area contributed by atoms with Gasteiger partial charge in [0.15, 0.2) is 0 Å². The van der Waals surface area contributed by atoms with E-state index < -0.39 is 0 Å². The molecule has 0 spiro atoms. The van der Waals surface area contributed by atoms with E-state index in [1.165, 1.54) is 42.8 Å². The second-order valence-electron chi connectivity index (χ2n) is 12.2. The molecule has 8 heteroatoms. The molecule has 0 aromatic heterocycles. The maximum Gasteiger partial charge on any atom is 0.246 e. The standard InChI is InChI=1S/C34H54N6O2/c1-7-28-24(3)9-12-29(34(35)41)33(25(4)10-13-30(28)36-8-2)37-26-11-14-31(32(23-26)42-6)40-17-15-27(16-18-40)39-21-19-38(5)20-22-39/h11,13-14,23,25,27,36-37H,7-10,12,15-22H2,1-6H3,(H2,35,41)/b28-24+,30-13-,33-29-. The number of methoxy groups -OCH3 is 1. The lowest BCUT2D eigenvalue weighted by Crippen LogP contribution is -2.52. The number of nitrogens with zero attached hydrogens (tertiary/aromatic N) is 3. The Bertz CT molecular complexity index is 1170. The van der Waals surface area contributed by atoms with E-state index in [-0.39, 0.29) is 11.8 Å². The highest BCUT2D eigenvalue weighted by atomic mass is 16.5. The van der Waals surface area contributed by atoms with E-state index in [0.29, 0.717) is 18.0 Å². The van der Waals surface area contributed by atoms with Gasteiger partial charge in [-0.25, -0.2) is 0 Å². The zero-order chi connectivity index (χ0) is 30.2. The quantitative estimate of drug-likeness (QED) is 0.376. The number of hydrogen-bond donors (Lipinski definition) is 3. The van der Waals surface area contributed by atoms with Crippen molar-refractivity contribution in [3.63, 3.8) is 0 Å². The third-order valence-electron chi connectivity index (χ3n) is 9.42. The van der Waals surface area contributed by atoms with Crippen LogP contribution in [0.25, 0.3) is 0 Å². The number of rotatable bonds is 9. The summed E-state index contributed by atoms with van der Waals surface area (Å²) in [6.07, 6.45) is 7.82. The largest absolute Gasteiger partial charge is 0.495 e. The predicted molar refractivity (Wildman–Crippen MR) is 175 cm³/mol. The van der Waals surface area contributed by atoms with Crippen LogP contribution in [0.2, 0.25) is 0 Å². The van der Waals surface area contributed by atoms with Crippen molar-refractivity contribution in [2.24, 2.45) is 11.7 Å². The van der Waals surface area contributed by atoms with Crippen LogP contribution in [0.4, 0.5) is 11.4 Å². The van der Waals surface area contributed by atoms with Crippen molar-refractivity contribution < 1.29 is 9.53 Å². The fraction of sp³-hybridized carbons (Fsp3) is 0.618. The molecule has 232 valence electrons. The summed E-state index contributed by atoms with van der Waals surface area (Å²) >= 11 is 0. The molecule has 0 radical (unpaired) electrons. The molecule has 1 aromatic rings. The predicted octanol–water partition coefficient (Wildman–Crippen LogP) is 5.10. The number of piperazine rings is 1. The second-order valence-corrected chi connectivity index (χ2v) is 12.2. The van der Waals surface area contributed by atoms with Gasteiger partial charge in [-0.05, 0) is 77.1 Å². The van der Waals surface area contributed by atoms with Crippen molar-refractivity contribution in [3.8, 4) is 5.75 Å². The van der Waals surface area contributed by atoms with Gasteiger partial charge in [0.25, 0.3) is 0 Å². The first-order valence-corrected chi connectivity index (χ1v) is 16.0. The molecular formula is C34H54N6O2. The van der Waals surface area contributed by atoms with Crippen LogP contribution < -0.4 is 26.0 Å². The Kier molecular flexibility index (Phi) is 11.4. The number of carbonyl (C=O) groups excluding carboxylic acids is 1. The number of anilines is 2. The number of nitrogens with two attached hydrogens (primary N) is 1. The minimum atomic E-state index is -0.349. The van der Waals surface area contributed by atoms with Crippen LogP contribution in [-0.4, -0.2) is 81.7 Å². The first-order valence-electron chi connectivity index (χ1n) is 16.0. The van der Waals surface area contributed by atoms with Crippen molar-refractivity contribution in [3.05, 3.63) is 52.4 Å². The lowest BCUT2D eigenvalue weighted by molar-refractivity contribution is -0.114. The summed E-state index contributed by atoms with van der Waals surface area (Å²) in [5, 5.41) is 7.20. The number of carbonyl (C=O) groups is 1. The molecule has 8 nitrogen and oxygen atoms in total. The number of ether oxygens (including phenoxy) is 1. The van der Waals surface area contributed by atoms with E-state index in [2.05, 4.69) is 84.4 Å². The van der Waals surface area contributed by atoms with Crippen molar-refractivity contribution in [1.29, 1.82) is 0 Å². The molecule has 4 N–H and O–H groups in total. The minimum Gasteiger partial charge on any atom is -0.495 e. The van der Waals surface area contributed by atoms with Gasteiger partial charge in [-0.15, -0.1) is 0 Å².